The van der Waals surface area contributed by atoms with Crippen LogP contribution in [0.2, 0.25) is 0 Å². The second-order valence-electron chi connectivity index (χ2n) is 7.49. The van der Waals surface area contributed by atoms with Crippen molar-refractivity contribution in [2.45, 2.75) is 15.4 Å². The fraction of sp³-hybridized carbons (Fsp3) is 0.318. The molecule has 4 rings (SSSR count). The molecule has 6 unspecified atom stereocenters. The molecule has 2 fully saturated rings. The van der Waals surface area contributed by atoms with E-state index in [9.17, 15) is 20.0 Å². The molecule has 0 saturated heterocycles. The molecule has 0 aliphatic heterocycles. The third-order valence-corrected chi connectivity index (χ3v) is 8.47. The Bertz CT molecular complexity index is 971. The van der Waals surface area contributed by atoms with E-state index in [2.05, 4.69) is 31.9 Å². The zero-order valence-corrected chi connectivity index (χ0v) is 19.1. The molecule has 2 aliphatic carbocycles. The molecule has 30 heavy (non-hydrogen) atoms. The SMILES string of the molecule is COC(=O)C1C2C(=C(c3ccccc3)c3ccccc3)C(C(O)C2Br)C1(Br)[N+](=O)[O-]. The fourth-order valence-corrected chi connectivity index (χ4v) is 6.81. The van der Waals surface area contributed by atoms with E-state index < -0.39 is 44.0 Å². The largest absolute Gasteiger partial charge is 0.469 e. The number of nitrogens with zero attached hydrogens (tertiary/aromatic N) is 1. The van der Waals surface area contributed by atoms with Crippen LogP contribution in [0.4, 0.5) is 0 Å². The molecule has 0 spiro atoms. The Morgan fingerprint density at radius 2 is 1.60 bits per heavy atom. The van der Waals surface area contributed by atoms with Crippen LogP contribution in [0, 0.1) is 27.9 Å². The molecule has 2 bridgehead atoms. The number of esters is 1. The van der Waals surface area contributed by atoms with Gasteiger partial charge < -0.3 is 9.84 Å². The molecule has 2 aromatic carbocycles. The number of nitro groups is 1. The van der Waals surface area contributed by atoms with Crippen LogP contribution < -0.4 is 0 Å². The average molecular weight is 537 g/mol. The van der Waals surface area contributed by atoms with Crippen molar-refractivity contribution in [3.63, 3.8) is 0 Å². The van der Waals surface area contributed by atoms with E-state index in [4.69, 9.17) is 4.74 Å². The minimum Gasteiger partial charge on any atom is -0.469 e. The summed E-state index contributed by atoms with van der Waals surface area (Å²) in [5, 5.41) is 23.2. The predicted molar refractivity (Wildman–Crippen MR) is 119 cm³/mol. The summed E-state index contributed by atoms with van der Waals surface area (Å²) in [5.74, 6) is -3.29. The third kappa shape index (κ3) is 2.96. The van der Waals surface area contributed by atoms with Crippen LogP contribution in [0.25, 0.3) is 5.57 Å². The van der Waals surface area contributed by atoms with Gasteiger partial charge in [-0.2, -0.15) is 0 Å². The number of hydrogen-bond donors (Lipinski definition) is 1. The average Bonchev–Trinajstić information content (AvgIpc) is 3.17. The first-order valence-corrected chi connectivity index (χ1v) is 11.1. The molecule has 0 heterocycles. The topological polar surface area (TPSA) is 89.7 Å². The summed E-state index contributed by atoms with van der Waals surface area (Å²) in [6.45, 7) is 0. The number of rotatable bonds is 4. The Morgan fingerprint density at radius 1 is 1.10 bits per heavy atom. The second kappa shape index (κ2) is 7.90. The predicted octanol–water partition coefficient (Wildman–Crippen LogP) is 4.03. The number of aliphatic hydroxyl groups excluding tert-OH is 1. The molecule has 156 valence electrons. The maximum Gasteiger partial charge on any atom is 0.317 e. The van der Waals surface area contributed by atoms with Crippen LogP contribution in [0.15, 0.2) is 66.2 Å². The van der Waals surface area contributed by atoms with Crippen LogP contribution in [0.1, 0.15) is 11.1 Å². The Balaban J connectivity index is 2.07. The first kappa shape index (κ1) is 21.2. The van der Waals surface area contributed by atoms with Crippen molar-refractivity contribution in [2.24, 2.45) is 17.8 Å². The fourth-order valence-electron chi connectivity index (χ4n) is 4.92. The number of carbonyl (C=O) groups excluding carboxylic acids is 1. The molecule has 0 radical (unpaired) electrons. The zero-order valence-electron chi connectivity index (χ0n) is 15.9. The minimum absolute atomic E-state index is 0.505. The van der Waals surface area contributed by atoms with Crippen molar-refractivity contribution in [1.29, 1.82) is 0 Å². The van der Waals surface area contributed by atoms with Gasteiger partial charge in [0, 0.05) is 31.6 Å². The monoisotopic (exact) mass is 535 g/mol. The first-order chi connectivity index (χ1) is 14.3. The molecular formula is C22H19Br2NO5. The molecule has 6 atom stereocenters. The van der Waals surface area contributed by atoms with Crippen LogP contribution in [0.5, 0.6) is 0 Å². The standard InChI is InChI=1S/C22H19Br2NO5/c1-30-21(27)18-16-15(17(20(26)19(16)23)22(18,24)25(28)29)14(12-8-4-2-5-9-12)13-10-6-3-7-11-13/h2-11,16-20,26H,1H3. The van der Waals surface area contributed by atoms with Crippen molar-refractivity contribution in [3.05, 3.63) is 87.5 Å². The van der Waals surface area contributed by atoms with Gasteiger partial charge in [-0.05, 0) is 22.3 Å². The molecule has 1 N–H and O–H groups in total. The quantitative estimate of drug-likeness (QED) is 0.209. The Kier molecular flexibility index (Phi) is 5.59. The van der Waals surface area contributed by atoms with Gasteiger partial charge in [-0.25, -0.2) is 0 Å². The lowest BCUT2D eigenvalue weighted by Crippen LogP contribution is -2.55. The summed E-state index contributed by atoms with van der Waals surface area (Å²) in [6, 6.07) is 19.1. The van der Waals surface area contributed by atoms with Crippen molar-refractivity contribution in [1.82, 2.24) is 0 Å². The molecule has 6 nitrogen and oxygen atoms in total. The maximum absolute atomic E-state index is 12.7. The Labute approximate surface area is 190 Å². The van der Waals surface area contributed by atoms with Crippen molar-refractivity contribution in [2.75, 3.05) is 7.11 Å². The van der Waals surface area contributed by atoms with Gasteiger partial charge in [0.15, 0.2) is 0 Å². The van der Waals surface area contributed by atoms with Gasteiger partial charge in [0.2, 0.25) is 0 Å². The van der Waals surface area contributed by atoms with E-state index in [-0.39, 0.29) is 0 Å². The van der Waals surface area contributed by atoms with Crippen LogP contribution >= 0.6 is 31.9 Å². The van der Waals surface area contributed by atoms with Crippen LogP contribution in [0.3, 0.4) is 0 Å². The molecule has 2 saturated carbocycles. The van der Waals surface area contributed by atoms with Gasteiger partial charge in [0.25, 0.3) is 4.45 Å². The van der Waals surface area contributed by atoms with Gasteiger partial charge in [0.05, 0.1) is 19.1 Å². The molecular weight excluding hydrogens is 518 g/mol. The van der Waals surface area contributed by atoms with Crippen molar-refractivity contribution in [3.8, 4) is 0 Å². The number of fused-ring (bicyclic) bond motifs is 2. The van der Waals surface area contributed by atoms with Crippen molar-refractivity contribution >= 4 is 43.4 Å². The van der Waals surface area contributed by atoms with Gasteiger partial charge in [-0.3, -0.25) is 14.9 Å². The van der Waals surface area contributed by atoms with E-state index in [1.165, 1.54) is 7.11 Å². The van der Waals surface area contributed by atoms with E-state index in [1.54, 1.807) is 0 Å². The highest BCUT2D eigenvalue weighted by Crippen LogP contribution is 2.65. The first-order valence-electron chi connectivity index (χ1n) is 9.42. The van der Waals surface area contributed by atoms with Crippen LogP contribution in [-0.2, 0) is 9.53 Å². The molecule has 2 aliphatic rings. The number of alkyl halides is 2. The highest BCUT2D eigenvalue weighted by atomic mass is 79.9. The summed E-state index contributed by atoms with van der Waals surface area (Å²) in [5.41, 5.74) is 3.22. The minimum atomic E-state index is -1.86. The van der Waals surface area contributed by atoms with E-state index >= 15 is 0 Å². The summed E-state index contributed by atoms with van der Waals surface area (Å²) in [7, 11) is 1.22. The smallest absolute Gasteiger partial charge is 0.317 e. The summed E-state index contributed by atoms with van der Waals surface area (Å²) in [6.07, 6.45) is -1.04. The highest BCUT2D eigenvalue weighted by molar-refractivity contribution is 9.10. The molecule has 8 heteroatoms. The lowest BCUT2D eigenvalue weighted by atomic mass is 9.83. The lowest BCUT2D eigenvalue weighted by molar-refractivity contribution is -0.552. The van der Waals surface area contributed by atoms with E-state index in [0.717, 1.165) is 16.7 Å². The summed E-state index contributed by atoms with van der Waals surface area (Å²) >= 11 is 6.80. The number of aliphatic hydroxyl groups is 1. The molecule has 0 aromatic heterocycles. The van der Waals surface area contributed by atoms with Crippen molar-refractivity contribution < 1.29 is 19.6 Å². The number of hydrogen-bond acceptors (Lipinski definition) is 5. The third-order valence-electron chi connectivity index (χ3n) is 6.09. The summed E-state index contributed by atoms with van der Waals surface area (Å²) in [4.78, 5) is 24.0. The van der Waals surface area contributed by atoms with Gasteiger partial charge in [-0.15, -0.1) is 0 Å². The second-order valence-corrected chi connectivity index (χ2v) is 9.81. The normalized spacial score (nSPS) is 32.1. The highest BCUT2D eigenvalue weighted by Gasteiger charge is 2.77. The molecule has 2 aromatic rings. The Morgan fingerprint density at radius 3 is 2.03 bits per heavy atom. The number of halogens is 2. The van der Waals surface area contributed by atoms with Gasteiger partial charge >= 0.3 is 5.97 Å². The van der Waals surface area contributed by atoms with Crippen LogP contribution in [-0.4, -0.2) is 38.5 Å². The van der Waals surface area contributed by atoms with Gasteiger partial charge in [0.1, 0.15) is 5.92 Å². The lowest BCUT2D eigenvalue weighted by Gasteiger charge is -2.34. The maximum atomic E-state index is 12.7. The summed E-state index contributed by atoms with van der Waals surface area (Å²) < 4.78 is 3.09. The van der Waals surface area contributed by atoms with E-state index in [1.807, 2.05) is 60.7 Å². The van der Waals surface area contributed by atoms with E-state index in [0.29, 0.717) is 5.57 Å². The van der Waals surface area contributed by atoms with Gasteiger partial charge in [-0.1, -0.05) is 76.6 Å². The Hall–Kier alpha value is -2.03. The number of benzene rings is 2. The molecule has 0 amide bonds. The number of ether oxygens (including phenoxy) is 1. The number of methoxy groups -OCH3 is 1. The number of carbonyl (C=O) groups is 1. The zero-order chi connectivity index (χ0) is 21.6.